The molecule has 0 rings (SSSR count). The molecule has 9 heavy (non-hydrogen) atoms. The van der Waals surface area contributed by atoms with Gasteiger partial charge in [-0.1, -0.05) is 0 Å². The Labute approximate surface area is 53.8 Å². The number of hydrogen-bond acceptors (Lipinski definition) is 3. The lowest BCUT2D eigenvalue weighted by Crippen LogP contribution is -2.23. The van der Waals surface area contributed by atoms with Gasteiger partial charge in [0.25, 0.3) is 0 Å². The summed E-state index contributed by atoms with van der Waals surface area (Å²) < 4.78 is 0. The highest BCUT2D eigenvalue weighted by molar-refractivity contribution is 5.75. The number of hydrogen-bond donors (Lipinski definition) is 3. The Balaban J connectivity index is 3.00. The van der Waals surface area contributed by atoms with E-state index in [1.165, 1.54) is 0 Å². The van der Waals surface area contributed by atoms with Gasteiger partial charge in [-0.2, -0.15) is 0 Å². The Morgan fingerprint density at radius 2 is 2.11 bits per heavy atom. The van der Waals surface area contributed by atoms with Crippen molar-refractivity contribution in [2.24, 2.45) is 22.4 Å². The minimum atomic E-state index is 0.104. The third-order valence-electron chi connectivity index (χ3n) is 0.715. The van der Waals surface area contributed by atoms with Crippen molar-refractivity contribution in [1.82, 2.24) is 0 Å². The molecule has 0 unspecified atom stereocenters. The van der Waals surface area contributed by atoms with Gasteiger partial charge in [0.05, 0.1) is 6.61 Å². The van der Waals surface area contributed by atoms with E-state index >= 15 is 0 Å². The maximum Gasteiger partial charge on any atom is 0.185 e. The minimum absolute atomic E-state index is 0.104. The van der Waals surface area contributed by atoms with Crippen LogP contribution in [0, 0.1) is 0 Å². The number of rotatable bonds is 4. The van der Waals surface area contributed by atoms with Crippen LogP contribution in [0.5, 0.6) is 0 Å². The van der Waals surface area contributed by atoms with E-state index in [1.807, 2.05) is 0 Å². The van der Waals surface area contributed by atoms with Crippen LogP contribution >= 0.6 is 0 Å². The molecular weight excluding hydrogens is 120 g/mol. The molecule has 0 amide bonds. The first-order valence-corrected chi connectivity index (χ1v) is 2.64. The molecule has 0 aromatic heterocycles. The Morgan fingerprint density at radius 3 is 2.56 bits per heavy atom. The molecule has 0 bridgehead atoms. The van der Waals surface area contributed by atoms with Gasteiger partial charge in [-0.15, -0.1) is 0 Å². The zero-order valence-corrected chi connectivity index (χ0v) is 5.21. The van der Waals surface area contributed by atoms with Crippen LogP contribution in [0.3, 0.4) is 0 Å². The van der Waals surface area contributed by atoms with Crippen molar-refractivity contribution < 1.29 is 4.84 Å². The average Bonchev–Trinajstić information content (AvgIpc) is 1.80. The molecule has 0 saturated carbocycles. The van der Waals surface area contributed by atoms with E-state index in [1.54, 1.807) is 0 Å². The lowest BCUT2D eigenvalue weighted by Gasteiger charge is -1.93. The Kier molecular flexibility index (Phi) is 4.85. The van der Waals surface area contributed by atoms with Gasteiger partial charge in [-0.25, -0.2) is 5.90 Å². The maximum atomic E-state index is 5.03. The second-order valence-corrected chi connectivity index (χ2v) is 1.53. The highest BCUT2D eigenvalue weighted by Gasteiger charge is 1.83. The summed E-state index contributed by atoms with van der Waals surface area (Å²) in [4.78, 5) is 7.97. The molecule has 54 valence electrons. The van der Waals surface area contributed by atoms with E-state index in [4.69, 9.17) is 17.4 Å². The molecule has 0 aromatic rings. The topological polar surface area (TPSA) is 99.6 Å². The smallest absolute Gasteiger partial charge is 0.185 e. The molecular formula is C4H12N4O. The Bertz CT molecular complexity index is 88.6. The minimum Gasteiger partial charge on any atom is -0.370 e. The van der Waals surface area contributed by atoms with Gasteiger partial charge in [0.2, 0.25) is 0 Å². The van der Waals surface area contributed by atoms with Crippen LogP contribution in [0.15, 0.2) is 4.99 Å². The zero-order valence-electron chi connectivity index (χ0n) is 5.21. The second kappa shape index (κ2) is 5.33. The summed E-state index contributed by atoms with van der Waals surface area (Å²) in [6.07, 6.45) is 0.744. The fraction of sp³-hybridized carbons (Fsp3) is 0.750. The van der Waals surface area contributed by atoms with Gasteiger partial charge >= 0.3 is 0 Å². The molecule has 0 spiro atoms. The number of aliphatic imine (C=N–C) groups is 1. The van der Waals surface area contributed by atoms with E-state index in [-0.39, 0.29) is 5.96 Å². The fourth-order valence-electron chi connectivity index (χ4n) is 0.356. The lowest BCUT2D eigenvalue weighted by molar-refractivity contribution is 0.137. The third kappa shape index (κ3) is 7.19. The van der Waals surface area contributed by atoms with Crippen molar-refractivity contribution in [2.45, 2.75) is 6.42 Å². The number of nitrogens with two attached hydrogens (primary N) is 3. The second-order valence-electron chi connectivity index (χ2n) is 1.53. The van der Waals surface area contributed by atoms with Crippen molar-refractivity contribution in [1.29, 1.82) is 0 Å². The summed E-state index contributed by atoms with van der Waals surface area (Å²) in [5, 5.41) is 0. The summed E-state index contributed by atoms with van der Waals surface area (Å²) in [5.41, 5.74) is 10.1. The van der Waals surface area contributed by atoms with E-state index in [0.717, 1.165) is 6.42 Å². The molecule has 0 heterocycles. The van der Waals surface area contributed by atoms with Gasteiger partial charge in [0.1, 0.15) is 0 Å². The average molecular weight is 132 g/mol. The fourth-order valence-corrected chi connectivity index (χ4v) is 0.356. The first-order chi connectivity index (χ1) is 4.27. The monoisotopic (exact) mass is 132 g/mol. The SMILES string of the molecule is NOCCCN=C(N)N. The van der Waals surface area contributed by atoms with E-state index in [0.29, 0.717) is 13.2 Å². The molecule has 0 atom stereocenters. The standard InChI is InChI=1S/C4H12N4O/c5-4(6)8-2-1-3-9-7/h1-3,7H2,(H4,5,6,8). The van der Waals surface area contributed by atoms with Crippen LogP contribution in [0.1, 0.15) is 6.42 Å². The van der Waals surface area contributed by atoms with Crippen molar-refractivity contribution in [2.75, 3.05) is 13.2 Å². The quantitative estimate of drug-likeness (QED) is 0.188. The van der Waals surface area contributed by atoms with Gasteiger partial charge in [0, 0.05) is 6.54 Å². The van der Waals surface area contributed by atoms with E-state index in [2.05, 4.69) is 9.83 Å². The van der Waals surface area contributed by atoms with Crippen molar-refractivity contribution >= 4 is 5.96 Å². The molecule has 0 aromatic carbocycles. The Hall–Kier alpha value is -0.810. The van der Waals surface area contributed by atoms with Crippen molar-refractivity contribution in [3.63, 3.8) is 0 Å². The normalized spacial score (nSPS) is 9.00. The first-order valence-electron chi connectivity index (χ1n) is 2.64. The summed E-state index contributed by atoms with van der Waals surface area (Å²) in [6, 6.07) is 0. The Morgan fingerprint density at radius 1 is 1.44 bits per heavy atom. The highest BCUT2D eigenvalue weighted by atomic mass is 16.6. The first kappa shape index (κ1) is 8.19. The van der Waals surface area contributed by atoms with Crippen LogP contribution in [0.25, 0.3) is 0 Å². The number of nitrogens with zero attached hydrogens (tertiary/aromatic N) is 1. The molecule has 0 aliphatic heterocycles. The summed E-state index contributed by atoms with van der Waals surface area (Å²) in [7, 11) is 0. The third-order valence-corrected chi connectivity index (χ3v) is 0.715. The molecule has 0 aliphatic carbocycles. The van der Waals surface area contributed by atoms with Crippen molar-refractivity contribution in [3.8, 4) is 0 Å². The lowest BCUT2D eigenvalue weighted by atomic mass is 10.5. The summed E-state index contributed by atoms with van der Waals surface area (Å²) in [6.45, 7) is 1.05. The molecule has 0 saturated heterocycles. The van der Waals surface area contributed by atoms with Crippen LogP contribution in [-0.4, -0.2) is 19.1 Å². The predicted octanol–water partition coefficient (Wildman–Crippen LogP) is -1.46. The van der Waals surface area contributed by atoms with E-state index < -0.39 is 0 Å². The van der Waals surface area contributed by atoms with Crippen LogP contribution in [0.4, 0.5) is 0 Å². The molecule has 5 heteroatoms. The van der Waals surface area contributed by atoms with Crippen molar-refractivity contribution in [3.05, 3.63) is 0 Å². The number of guanidine groups is 1. The predicted molar refractivity (Wildman–Crippen MR) is 35.4 cm³/mol. The van der Waals surface area contributed by atoms with Crippen LogP contribution in [-0.2, 0) is 4.84 Å². The van der Waals surface area contributed by atoms with Crippen LogP contribution < -0.4 is 17.4 Å². The molecule has 0 radical (unpaired) electrons. The van der Waals surface area contributed by atoms with Crippen LogP contribution in [0.2, 0.25) is 0 Å². The van der Waals surface area contributed by atoms with E-state index in [9.17, 15) is 0 Å². The summed E-state index contributed by atoms with van der Waals surface area (Å²) >= 11 is 0. The molecule has 0 aliphatic rings. The largest absolute Gasteiger partial charge is 0.370 e. The molecule has 6 N–H and O–H groups in total. The van der Waals surface area contributed by atoms with Gasteiger partial charge in [-0.3, -0.25) is 4.99 Å². The van der Waals surface area contributed by atoms with Gasteiger partial charge in [0.15, 0.2) is 5.96 Å². The van der Waals surface area contributed by atoms with Gasteiger partial charge in [-0.05, 0) is 6.42 Å². The van der Waals surface area contributed by atoms with Gasteiger partial charge < -0.3 is 16.3 Å². The zero-order chi connectivity index (χ0) is 7.11. The highest BCUT2D eigenvalue weighted by Crippen LogP contribution is 1.78. The maximum absolute atomic E-state index is 5.03. The summed E-state index contributed by atoms with van der Waals surface area (Å²) in [5.74, 6) is 4.84. The molecule has 5 nitrogen and oxygen atoms in total. The molecule has 0 fully saturated rings.